The molecule has 0 spiro atoms. The lowest BCUT2D eigenvalue weighted by atomic mass is 10.2. The van der Waals surface area contributed by atoms with Crippen molar-refractivity contribution in [2.24, 2.45) is 0 Å². The zero-order valence-electron chi connectivity index (χ0n) is 10.5. The first kappa shape index (κ1) is 14.3. The van der Waals surface area contributed by atoms with E-state index in [1.54, 1.807) is 30.3 Å². The lowest BCUT2D eigenvalue weighted by molar-refractivity contribution is 0.102. The second kappa shape index (κ2) is 6.91. The molecule has 100 valence electrons. The Kier molecular flexibility index (Phi) is 4.96. The molecule has 0 radical (unpaired) electrons. The number of rotatable bonds is 4. The SMILES string of the molecule is N#CCOc1ccc(NC(=O)c2cccc(I)c2)cc1. The van der Waals surface area contributed by atoms with Crippen molar-refractivity contribution in [2.45, 2.75) is 0 Å². The highest BCUT2D eigenvalue weighted by molar-refractivity contribution is 14.1. The first-order chi connectivity index (χ1) is 9.69. The molecular formula is C15H11IN2O2. The normalized spacial score (nSPS) is 9.60. The lowest BCUT2D eigenvalue weighted by Gasteiger charge is -2.07. The van der Waals surface area contributed by atoms with E-state index < -0.39 is 0 Å². The van der Waals surface area contributed by atoms with Gasteiger partial charge in [-0.2, -0.15) is 5.26 Å². The number of carbonyl (C=O) groups is 1. The minimum atomic E-state index is -0.158. The molecule has 0 aliphatic carbocycles. The summed E-state index contributed by atoms with van der Waals surface area (Å²) in [5.74, 6) is 0.438. The van der Waals surface area contributed by atoms with Crippen LogP contribution < -0.4 is 10.1 Å². The Morgan fingerprint density at radius 2 is 2.00 bits per heavy atom. The number of hydrogen-bond donors (Lipinski definition) is 1. The van der Waals surface area contributed by atoms with Crippen LogP contribution in [-0.4, -0.2) is 12.5 Å². The van der Waals surface area contributed by atoms with Crippen LogP contribution >= 0.6 is 22.6 Å². The Balaban J connectivity index is 2.03. The van der Waals surface area contributed by atoms with E-state index >= 15 is 0 Å². The van der Waals surface area contributed by atoms with E-state index in [9.17, 15) is 4.79 Å². The van der Waals surface area contributed by atoms with Crippen LogP contribution in [0.25, 0.3) is 0 Å². The van der Waals surface area contributed by atoms with Crippen molar-refractivity contribution in [1.29, 1.82) is 5.26 Å². The zero-order chi connectivity index (χ0) is 14.4. The van der Waals surface area contributed by atoms with Gasteiger partial charge in [0.2, 0.25) is 0 Å². The molecule has 2 aromatic carbocycles. The number of nitrogens with zero attached hydrogens (tertiary/aromatic N) is 1. The number of halogens is 1. The summed E-state index contributed by atoms with van der Waals surface area (Å²) in [6, 6.07) is 16.1. The standard InChI is InChI=1S/C15H11IN2O2/c16-12-3-1-2-11(10-12)15(19)18-13-4-6-14(7-5-13)20-9-8-17/h1-7,10H,9H2,(H,18,19). The Hall–Kier alpha value is -2.07. The zero-order valence-corrected chi connectivity index (χ0v) is 12.6. The molecule has 4 nitrogen and oxygen atoms in total. The molecule has 0 saturated carbocycles. The van der Waals surface area contributed by atoms with Gasteiger partial charge >= 0.3 is 0 Å². The van der Waals surface area contributed by atoms with Crippen LogP contribution in [0.15, 0.2) is 48.5 Å². The third kappa shape index (κ3) is 3.96. The predicted molar refractivity (Wildman–Crippen MR) is 84.7 cm³/mol. The van der Waals surface area contributed by atoms with Crippen LogP contribution in [0.4, 0.5) is 5.69 Å². The quantitative estimate of drug-likeness (QED) is 0.830. The van der Waals surface area contributed by atoms with Crippen LogP contribution in [0.5, 0.6) is 5.75 Å². The van der Waals surface area contributed by atoms with Gasteiger partial charge in [0.15, 0.2) is 6.61 Å². The summed E-state index contributed by atoms with van der Waals surface area (Å²) in [6.45, 7) is 0.00809. The molecule has 0 aliphatic heterocycles. The van der Waals surface area contributed by atoms with E-state index in [2.05, 4.69) is 27.9 Å². The number of carbonyl (C=O) groups excluding carboxylic acids is 1. The first-order valence-electron chi connectivity index (χ1n) is 5.86. The molecule has 1 N–H and O–H groups in total. The maximum atomic E-state index is 12.0. The number of ether oxygens (including phenoxy) is 1. The average molecular weight is 378 g/mol. The second-order valence-electron chi connectivity index (χ2n) is 3.94. The highest BCUT2D eigenvalue weighted by Crippen LogP contribution is 2.17. The molecule has 0 fully saturated rings. The third-order valence-electron chi connectivity index (χ3n) is 2.50. The van der Waals surface area contributed by atoms with Gasteiger partial charge in [0.1, 0.15) is 11.8 Å². The van der Waals surface area contributed by atoms with Crippen LogP contribution in [0.3, 0.4) is 0 Å². The lowest BCUT2D eigenvalue weighted by Crippen LogP contribution is -2.11. The van der Waals surface area contributed by atoms with E-state index in [0.29, 0.717) is 17.0 Å². The Labute approximate surface area is 130 Å². The first-order valence-corrected chi connectivity index (χ1v) is 6.93. The van der Waals surface area contributed by atoms with Crippen molar-refractivity contribution in [1.82, 2.24) is 0 Å². The molecule has 5 heteroatoms. The molecule has 0 saturated heterocycles. The Bertz CT molecular complexity index is 648. The van der Waals surface area contributed by atoms with Gasteiger partial charge in [-0.05, 0) is 65.1 Å². The molecule has 2 rings (SSSR count). The molecular weight excluding hydrogens is 367 g/mol. The van der Waals surface area contributed by atoms with Gasteiger partial charge in [0.25, 0.3) is 5.91 Å². The van der Waals surface area contributed by atoms with Gasteiger partial charge in [-0.25, -0.2) is 0 Å². The van der Waals surface area contributed by atoms with Gasteiger partial charge in [0, 0.05) is 14.8 Å². The largest absolute Gasteiger partial charge is 0.479 e. The van der Waals surface area contributed by atoms with Crippen LogP contribution in [0.1, 0.15) is 10.4 Å². The van der Waals surface area contributed by atoms with Crippen LogP contribution in [-0.2, 0) is 0 Å². The van der Waals surface area contributed by atoms with Crippen molar-refractivity contribution >= 4 is 34.2 Å². The van der Waals surface area contributed by atoms with Gasteiger partial charge < -0.3 is 10.1 Å². The maximum Gasteiger partial charge on any atom is 0.255 e. The predicted octanol–water partition coefficient (Wildman–Crippen LogP) is 3.45. The Morgan fingerprint density at radius 3 is 2.65 bits per heavy atom. The third-order valence-corrected chi connectivity index (χ3v) is 3.17. The fraction of sp³-hybridized carbons (Fsp3) is 0.0667. The molecule has 1 amide bonds. The molecule has 2 aromatic rings. The molecule has 0 heterocycles. The summed E-state index contributed by atoms with van der Waals surface area (Å²) in [5, 5.41) is 11.2. The highest BCUT2D eigenvalue weighted by Gasteiger charge is 2.06. The fourth-order valence-electron chi connectivity index (χ4n) is 1.58. The van der Waals surface area contributed by atoms with Crippen molar-refractivity contribution < 1.29 is 9.53 Å². The summed E-state index contributed by atoms with van der Waals surface area (Å²) in [4.78, 5) is 12.0. The van der Waals surface area contributed by atoms with Crippen LogP contribution in [0, 0.1) is 14.9 Å². The number of nitriles is 1. The minimum absolute atomic E-state index is 0.00809. The number of anilines is 1. The van der Waals surface area contributed by atoms with Gasteiger partial charge in [0.05, 0.1) is 0 Å². The van der Waals surface area contributed by atoms with E-state index in [0.717, 1.165) is 3.57 Å². The van der Waals surface area contributed by atoms with Crippen molar-refractivity contribution in [3.8, 4) is 11.8 Å². The van der Waals surface area contributed by atoms with Gasteiger partial charge in [-0.3, -0.25) is 4.79 Å². The van der Waals surface area contributed by atoms with E-state index in [1.807, 2.05) is 24.3 Å². The van der Waals surface area contributed by atoms with E-state index in [-0.39, 0.29) is 12.5 Å². The summed E-state index contributed by atoms with van der Waals surface area (Å²) in [7, 11) is 0. The second-order valence-corrected chi connectivity index (χ2v) is 5.18. The van der Waals surface area contributed by atoms with Crippen molar-refractivity contribution in [2.75, 3.05) is 11.9 Å². The van der Waals surface area contributed by atoms with Crippen LogP contribution in [0.2, 0.25) is 0 Å². The van der Waals surface area contributed by atoms with Gasteiger partial charge in [-0.1, -0.05) is 6.07 Å². The summed E-state index contributed by atoms with van der Waals surface area (Å²) in [6.07, 6.45) is 0. The summed E-state index contributed by atoms with van der Waals surface area (Å²) < 4.78 is 6.15. The number of benzene rings is 2. The summed E-state index contributed by atoms with van der Waals surface area (Å²) >= 11 is 2.16. The topological polar surface area (TPSA) is 62.1 Å². The molecule has 0 unspecified atom stereocenters. The van der Waals surface area contributed by atoms with E-state index in [4.69, 9.17) is 10.00 Å². The number of hydrogen-bond acceptors (Lipinski definition) is 3. The minimum Gasteiger partial charge on any atom is -0.479 e. The monoisotopic (exact) mass is 378 g/mol. The smallest absolute Gasteiger partial charge is 0.255 e. The highest BCUT2D eigenvalue weighted by atomic mass is 127. The maximum absolute atomic E-state index is 12.0. The molecule has 0 bridgehead atoms. The molecule has 0 aliphatic rings. The van der Waals surface area contributed by atoms with E-state index in [1.165, 1.54) is 0 Å². The molecule has 0 aromatic heterocycles. The molecule has 0 atom stereocenters. The fourth-order valence-corrected chi connectivity index (χ4v) is 2.13. The Morgan fingerprint density at radius 1 is 1.25 bits per heavy atom. The summed E-state index contributed by atoms with van der Waals surface area (Å²) in [5.41, 5.74) is 1.29. The van der Waals surface area contributed by atoms with Gasteiger partial charge in [-0.15, -0.1) is 0 Å². The number of nitrogens with one attached hydrogen (secondary N) is 1. The number of amides is 1. The van der Waals surface area contributed by atoms with Crippen molar-refractivity contribution in [3.63, 3.8) is 0 Å². The molecule has 20 heavy (non-hydrogen) atoms. The average Bonchev–Trinajstić information content (AvgIpc) is 2.46. The van der Waals surface area contributed by atoms with Crippen molar-refractivity contribution in [3.05, 3.63) is 57.7 Å².